The van der Waals surface area contributed by atoms with Gasteiger partial charge in [0.05, 0.1) is 16.0 Å². The van der Waals surface area contributed by atoms with Crippen molar-refractivity contribution in [2.75, 3.05) is 0 Å². The van der Waals surface area contributed by atoms with E-state index in [1.54, 1.807) is 24.3 Å². The summed E-state index contributed by atoms with van der Waals surface area (Å²) >= 11 is -3.32. The van der Waals surface area contributed by atoms with E-state index in [0.717, 1.165) is 36.8 Å². The molecule has 0 spiro atoms. The summed E-state index contributed by atoms with van der Waals surface area (Å²) in [5, 5.41) is 0. The molecule has 0 saturated carbocycles. The molecule has 0 aliphatic rings. The highest BCUT2D eigenvalue weighted by Crippen LogP contribution is 2.37. The van der Waals surface area contributed by atoms with Crippen LogP contribution < -0.4 is 20.2 Å². The van der Waals surface area contributed by atoms with E-state index in [0.29, 0.717) is 7.14 Å². The van der Waals surface area contributed by atoms with E-state index < -0.39 is 58.7 Å². The highest BCUT2D eigenvalue weighted by Gasteiger charge is 2.42. The predicted molar refractivity (Wildman–Crippen MR) is 123 cm³/mol. The zero-order valence-corrected chi connectivity index (χ0v) is 22.9. The van der Waals surface area contributed by atoms with Gasteiger partial charge in [0.15, 0.2) is 7.14 Å². The average molecular weight is 658 g/mol. The lowest BCUT2D eigenvalue weighted by Crippen LogP contribution is -3.85. The molecule has 11 heteroatoms. The minimum absolute atomic E-state index is 0.117. The van der Waals surface area contributed by atoms with Crippen molar-refractivity contribution >= 4 is 10.1 Å². The van der Waals surface area contributed by atoms with E-state index in [4.69, 9.17) is 2.51 Å². The lowest BCUT2D eigenvalue weighted by Gasteiger charge is -2.14. The van der Waals surface area contributed by atoms with Gasteiger partial charge in [0, 0.05) is 0 Å². The van der Waals surface area contributed by atoms with E-state index in [-0.39, 0.29) is 18.2 Å². The maximum atomic E-state index is 13.3. The lowest BCUT2D eigenvalue weighted by atomic mass is 10.1. The Morgan fingerprint density at radius 2 is 1.05 bits per heavy atom. The van der Waals surface area contributed by atoms with Gasteiger partial charge in [-0.15, -0.1) is 0 Å². The summed E-state index contributed by atoms with van der Waals surface area (Å²) in [7, 11) is -4.99. The molecule has 0 atom stereocenters. The quantitative estimate of drug-likeness (QED) is 0.249. The molecule has 3 nitrogen and oxygen atoms in total. The van der Waals surface area contributed by atoms with E-state index in [2.05, 4.69) is 0 Å². The van der Waals surface area contributed by atoms with Crippen LogP contribution in [0.3, 0.4) is 0 Å². The Morgan fingerprint density at radius 1 is 0.676 bits per heavy atom. The van der Waals surface area contributed by atoms with Gasteiger partial charge in [-0.25, -0.2) is 0 Å². The smallest absolute Gasteiger partial charge is 0.190 e. The Morgan fingerprint density at radius 3 is 1.38 bits per heavy atom. The maximum Gasteiger partial charge on any atom is 0.416 e. The molecular formula is C26H25F6IO3S+. The fourth-order valence-electron chi connectivity index (χ4n) is 3.50. The van der Waals surface area contributed by atoms with E-state index >= 15 is 0 Å². The Labute approximate surface area is 219 Å². The standard InChI is InChI=1S/C26H25F6IO3S/c1-3-5-18-7-11-22(12-8-18)33(23-13-9-19(6-4-2)10-14-23)36-37(34,35)24-16-20(25(27,28)29)15-21(17-24)26(30,31)32/h7-17H,3-6H2,1-2H3/q+1. The fraction of sp³-hybridized carbons (Fsp3) is 0.308. The minimum Gasteiger partial charge on any atom is -0.190 e. The fourth-order valence-corrected chi connectivity index (χ4v) is 10.5. The van der Waals surface area contributed by atoms with Crippen LogP contribution in [-0.4, -0.2) is 8.42 Å². The van der Waals surface area contributed by atoms with Gasteiger partial charge in [0.2, 0.25) is 0 Å². The summed E-state index contributed by atoms with van der Waals surface area (Å²) in [5.74, 6) is 0. The van der Waals surface area contributed by atoms with Crippen LogP contribution in [-0.2, 0) is 37.8 Å². The molecule has 0 bridgehead atoms. The molecule has 3 aromatic carbocycles. The first kappa shape index (κ1) is 29.4. The van der Waals surface area contributed by atoms with Crippen LogP contribution in [0, 0.1) is 7.14 Å². The van der Waals surface area contributed by atoms with Gasteiger partial charge in [-0.2, -0.15) is 34.8 Å². The molecule has 201 valence electrons. The molecule has 0 unspecified atom stereocenters. The first-order chi connectivity index (χ1) is 17.2. The molecule has 0 saturated heterocycles. The van der Waals surface area contributed by atoms with Crippen LogP contribution in [0.2, 0.25) is 0 Å². The SMILES string of the molecule is CCCc1ccc([I+](OS(=O)(=O)c2cc(C(F)(F)F)cc(C(F)(F)F)c2)c2ccc(CCC)cc2)cc1. The van der Waals surface area contributed by atoms with Crippen molar-refractivity contribution in [1.82, 2.24) is 0 Å². The molecule has 0 aliphatic heterocycles. The second-order valence-electron chi connectivity index (χ2n) is 8.26. The van der Waals surface area contributed by atoms with Gasteiger partial charge >= 0.3 is 42.7 Å². The molecule has 37 heavy (non-hydrogen) atoms. The third-order valence-corrected chi connectivity index (χ3v) is 12.6. The molecule has 0 heterocycles. The summed E-state index contributed by atoms with van der Waals surface area (Å²) in [5.41, 5.74) is -1.43. The summed E-state index contributed by atoms with van der Waals surface area (Å²) in [4.78, 5) is -1.19. The zero-order chi connectivity index (χ0) is 27.4. The molecular weight excluding hydrogens is 633 g/mol. The molecule has 0 fully saturated rings. The van der Waals surface area contributed by atoms with E-state index in [1.807, 2.05) is 38.1 Å². The number of rotatable bonds is 9. The van der Waals surface area contributed by atoms with Crippen LogP contribution in [0.15, 0.2) is 71.6 Å². The van der Waals surface area contributed by atoms with Gasteiger partial charge in [0.25, 0.3) is 0 Å². The van der Waals surface area contributed by atoms with Gasteiger partial charge in [-0.3, -0.25) is 0 Å². The number of hydrogen-bond donors (Lipinski definition) is 0. The average Bonchev–Trinajstić information content (AvgIpc) is 2.83. The number of hydrogen-bond acceptors (Lipinski definition) is 3. The van der Waals surface area contributed by atoms with Gasteiger partial charge in [-0.1, -0.05) is 51.0 Å². The lowest BCUT2D eigenvalue weighted by molar-refractivity contribution is -1.03. The Hall–Kier alpha value is -2.12. The van der Waals surface area contributed by atoms with Crippen molar-refractivity contribution in [3.05, 3.63) is 96.1 Å². The molecule has 3 aromatic rings. The van der Waals surface area contributed by atoms with Crippen LogP contribution in [0.4, 0.5) is 26.3 Å². The first-order valence-electron chi connectivity index (χ1n) is 11.4. The van der Waals surface area contributed by atoms with Crippen molar-refractivity contribution in [1.29, 1.82) is 0 Å². The normalized spacial score (nSPS) is 12.8. The topological polar surface area (TPSA) is 43.4 Å². The Kier molecular flexibility index (Phi) is 9.33. The summed E-state index contributed by atoms with van der Waals surface area (Å²) in [6.07, 6.45) is -7.00. The maximum absolute atomic E-state index is 13.3. The van der Waals surface area contributed by atoms with Crippen molar-refractivity contribution in [2.24, 2.45) is 0 Å². The number of benzene rings is 3. The van der Waals surface area contributed by atoms with Gasteiger partial charge < -0.3 is 0 Å². The van der Waals surface area contributed by atoms with Crippen molar-refractivity contribution in [3.63, 3.8) is 0 Å². The third-order valence-electron chi connectivity index (χ3n) is 5.30. The highest BCUT2D eigenvalue weighted by molar-refractivity contribution is 7.86. The Balaban J connectivity index is 2.10. The van der Waals surface area contributed by atoms with Crippen LogP contribution in [0.1, 0.15) is 48.9 Å². The zero-order valence-electron chi connectivity index (χ0n) is 20.0. The van der Waals surface area contributed by atoms with Crippen molar-refractivity contribution in [2.45, 2.75) is 56.8 Å². The predicted octanol–water partition coefficient (Wildman–Crippen LogP) is 4.61. The monoisotopic (exact) mass is 658 g/mol. The second-order valence-corrected chi connectivity index (χ2v) is 14.8. The van der Waals surface area contributed by atoms with Crippen LogP contribution in [0.25, 0.3) is 0 Å². The van der Waals surface area contributed by atoms with Crippen LogP contribution in [0.5, 0.6) is 0 Å². The highest BCUT2D eigenvalue weighted by atomic mass is 127. The van der Waals surface area contributed by atoms with Gasteiger partial charge in [0.1, 0.15) is 0 Å². The van der Waals surface area contributed by atoms with Gasteiger partial charge in [-0.05, 0) is 68.9 Å². The molecule has 0 amide bonds. The van der Waals surface area contributed by atoms with Crippen LogP contribution >= 0.6 is 0 Å². The Bertz CT molecular complexity index is 1220. The number of aryl methyl sites for hydroxylation is 2. The second kappa shape index (κ2) is 11.7. The number of alkyl halides is 6. The minimum atomic E-state index is -5.19. The molecule has 0 aromatic heterocycles. The largest absolute Gasteiger partial charge is 0.416 e. The molecule has 3 rings (SSSR count). The van der Waals surface area contributed by atoms with E-state index in [1.165, 1.54) is 0 Å². The molecule has 0 aliphatic carbocycles. The molecule has 0 N–H and O–H groups in total. The van der Waals surface area contributed by atoms with E-state index in [9.17, 15) is 34.8 Å². The van der Waals surface area contributed by atoms with Crippen molar-refractivity contribution in [3.8, 4) is 0 Å². The summed E-state index contributed by atoms with van der Waals surface area (Å²) in [6.45, 7) is 4.01. The van der Waals surface area contributed by atoms with Crippen molar-refractivity contribution < 1.29 is 57.5 Å². The number of halogens is 7. The summed E-state index contributed by atoms with van der Waals surface area (Å²) in [6, 6.07) is 14.3. The first-order valence-corrected chi connectivity index (χ1v) is 15.8. The summed E-state index contributed by atoms with van der Waals surface area (Å²) < 4.78 is 113. The molecule has 1 radical (unpaired) electrons. The third kappa shape index (κ3) is 7.70.